The highest BCUT2D eigenvalue weighted by atomic mass is 35.5. The molecule has 0 bridgehead atoms. The number of fused-ring (bicyclic) bond motifs is 2. The Bertz CT molecular complexity index is 1210. The number of carbonyl (C=O) groups excluding carboxylic acids is 1. The fourth-order valence-corrected chi connectivity index (χ4v) is 6.10. The Balaban J connectivity index is 1.66. The van der Waals surface area contributed by atoms with Gasteiger partial charge < -0.3 is 4.90 Å². The summed E-state index contributed by atoms with van der Waals surface area (Å²) in [7, 11) is -0.514. The van der Waals surface area contributed by atoms with Crippen molar-refractivity contribution in [1.82, 2.24) is 14.3 Å². The normalized spacial score (nSPS) is 14.8. The number of halogens is 1. The van der Waals surface area contributed by atoms with Gasteiger partial charge in [-0.25, -0.2) is 18.4 Å². The van der Waals surface area contributed by atoms with Crippen molar-refractivity contribution in [1.29, 1.82) is 0 Å². The maximum Gasteiger partial charge on any atom is 0.252 e. The third kappa shape index (κ3) is 3.87. The maximum atomic E-state index is 13.2. The van der Waals surface area contributed by atoms with E-state index in [1.165, 1.54) is 24.1 Å². The van der Waals surface area contributed by atoms with E-state index in [0.717, 1.165) is 21.2 Å². The number of rotatable bonds is 4. The number of hydrogen-bond acceptors (Lipinski definition) is 7. The van der Waals surface area contributed by atoms with E-state index in [4.69, 9.17) is 16.6 Å². The van der Waals surface area contributed by atoms with Crippen LogP contribution in [0.5, 0.6) is 0 Å². The van der Waals surface area contributed by atoms with Crippen LogP contribution in [0.4, 0.5) is 11.6 Å². The van der Waals surface area contributed by atoms with Crippen molar-refractivity contribution in [2.45, 2.75) is 10.6 Å². The van der Waals surface area contributed by atoms with Crippen molar-refractivity contribution in [3.05, 3.63) is 40.7 Å². The number of para-hydroxylation sites is 2. The minimum Gasteiger partial charge on any atom is -0.357 e. The first kappa shape index (κ1) is 21.0. The molecule has 158 valence electrons. The molecule has 0 fully saturated rings. The van der Waals surface area contributed by atoms with Crippen LogP contribution in [0.2, 0.25) is 4.34 Å². The summed E-state index contributed by atoms with van der Waals surface area (Å²) in [5.74, 6) is 0.698. The number of hydrogen-bond donors (Lipinski definition) is 0. The maximum absolute atomic E-state index is 13.2. The minimum atomic E-state index is -3.81. The molecule has 0 N–H and O–H groups in total. The minimum absolute atomic E-state index is 0.101. The first-order chi connectivity index (χ1) is 14.3. The number of carbonyl (C=O) groups is 1. The standard InChI is InChI=1S/C19H20ClN5O3S2/c1-23-10-5-11-25(19-18(23)21-13-6-3-4-7-14(13)22-19)16(26)12-24(2)30(27,28)17-9-8-15(20)29-17/h3-4,6-9H,5,10-12H2,1-2H3. The topological polar surface area (TPSA) is 86.7 Å². The van der Waals surface area contributed by atoms with Crippen LogP contribution in [0.15, 0.2) is 40.6 Å². The first-order valence-electron chi connectivity index (χ1n) is 9.27. The van der Waals surface area contributed by atoms with E-state index in [0.29, 0.717) is 41.0 Å². The molecule has 3 aromatic rings. The molecule has 0 spiro atoms. The number of likely N-dealkylation sites (N-methyl/N-ethyl adjacent to an activating group) is 1. The lowest BCUT2D eigenvalue weighted by molar-refractivity contribution is -0.118. The quantitative estimate of drug-likeness (QED) is 0.588. The number of sulfonamides is 1. The van der Waals surface area contributed by atoms with E-state index in [1.54, 1.807) is 0 Å². The molecule has 1 aliphatic rings. The molecule has 8 nitrogen and oxygen atoms in total. The van der Waals surface area contributed by atoms with Gasteiger partial charge >= 0.3 is 0 Å². The molecular weight excluding hydrogens is 446 g/mol. The van der Waals surface area contributed by atoms with Crippen LogP contribution >= 0.6 is 22.9 Å². The number of anilines is 2. The molecule has 0 saturated heterocycles. The molecule has 0 saturated carbocycles. The third-order valence-corrected chi connectivity index (χ3v) is 8.40. The van der Waals surface area contributed by atoms with Gasteiger partial charge in [0.15, 0.2) is 11.6 Å². The lowest BCUT2D eigenvalue weighted by atomic mass is 10.3. The highest BCUT2D eigenvalue weighted by Gasteiger charge is 2.31. The van der Waals surface area contributed by atoms with Gasteiger partial charge in [0.05, 0.1) is 21.9 Å². The zero-order valence-electron chi connectivity index (χ0n) is 16.4. The summed E-state index contributed by atoms with van der Waals surface area (Å²) in [6.07, 6.45) is 0.716. The van der Waals surface area contributed by atoms with Crippen LogP contribution in [0.1, 0.15) is 6.42 Å². The molecule has 3 heterocycles. The zero-order valence-corrected chi connectivity index (χ0v) is 18.8. The molecule has 1 aromatic carbocycles. The number of thiophene rings is 1. The summed E-state index contributed by atoms with van der Waals surface area (Å²) in [6, 6.07) is 10.4. The average molecular weight is 466 g/mol. The van der Waals surface area contributed by atoms with Crippen LogP contribution < -0.4 is 9.80 Å². The second kappa shape index (κ2) is 8.10. The van der Waals surface area contributed by atoms with Gasteiger partial charge in [-0.2, -0.15) is 4.31 Å². The van der Waals surface area contributed by atoms with Crippen LogP contribution in [-0.2, 0) is 14.8 Å². The van der Waals surface area contributed by atoms with Crippen LogP contribution in [0.3, 0.4) is 0 Å². The zero-order chi connectivity index (χ0) is 21.5. The van der Waals surface area contributed by atoms with Crippen LogP contribution in [0.25, 0.3) is 11.0 Å². The van der Waals surface area contributed by atoms with Crippen molar-refractivity contribution in [3.63, 3.8) is 0 Å². The molecule has 2 aromatic heterocycles. The average Bonchev–Trinajstić information content (AvgIpc) is 3.10. The van der Waals surface area contributed by atoms with E-state index in [9.17, 15) is 13.2 Å². The number of amides is 1. The van der Waals surface area contributed by atoms with Gasteiger partial charge in [0, 0.05) is 27.2 Å². The Morgan fingerprint density at radius 3 is 2.43 bits per heavy atom. The second-order valence-electron chi connectivity index (χ2n) is 7.00. The Hall–Kier alpha value is -2.27. The predicted octanol–water partition coefficient (Wildman–Crippen LogP) is 2.84. The summed E-state index contributed by atoms with van der Waals surface area (Å²) >= 11 is 6.84. The van der Waals surface area contributed by atoms with Crippen LogP contribution in [0, 0.1) is 0 Å². The molecule has 1 amide bonds. The number of benzene rings is 1. The summed E-state index contributed by atoms with van der Waals surface area (Å²) < 4.78 is 27.1. The van der Waals surface area contributed by atoms with E-state index in [2.05, 4.69) is 4.98 Å². The van der Waals surface area contributed by atoms with Crippen molar-refractivity contribution in [2.24, 2.45) is 0 Å². The summed E-state index contributed by atoms with van der Waals surface area (Å²) in [5, 5.41) is 0. The smallest absolute Gasteiger partial charge is 0.252 e. The Kier molecular flexibility index (Phi) is 5.67. The summed E-state index contributed by atoms with van der Waals surface area (Å²) in [4.78, 5) is 26.0. The van der Waals surface area contributed by atoms with Crippen molar-refractivity contribution < 1.29 is 13.2 Å². The summed E-state index contributed by atoms with van der Waals surface area (Å²) in [6.45, 7) is 0.836. The van der Waals surface area contributed by atoms with Crippen molar-refractivity contribution in [3.8, 4) is 0 Å². The fraction of sp³-hybridized carbons (Fsp3) is 0.316. The van der Waals surface area contributed by atoms with Gasteiger partial charge in [-0.05, 0) is 30.7 Å². The van der Waals surface area contributed by atoms with E-state index in [-0.39, 0.29) is 16.7 Å². The predicted molar refractivity (Wildman–Crippen MR) is 119 cm³/mol. The van der Waals surface area contributed by atoms with Crippen molar-refractivity contribution in [2.75, 3.05) is 43.5 Å². The van der Waals surface area contributed by atoms with Crippen LogP contribution in [-0.4, -0.2) is 62.3 Å². The number of aromatic nitrogens is 2. The highest BCUT2D eigenvalue weighted by molar-refractivity contribution is 7.91. The van der Waals surface area contributed by atoms with E-state index < -0.39 is 10.0 Å². The van der Waals surface area contributed by atoms with Gasteiger partial charge in [0.2, 0.25) is 5.91 Å². The van der Waals surface area contributed by atoms with Gasteiger partial charge in [-0.1, -0.05) is 23.7 Å². The Morgan fingerprint density at radius 1 is 1.13 bits per heavy atom. The number of nitrogens with zero attached hydrogens (tertiary/aromatic N) is 5. The Labute approximate surface area is 183 Å². The molecule has 0 unspecified atom stereocenters. The SMILES string of the molecule is CN1CCCN(C(=O)CN(C)S(=O)(=O)c2ccc(Cl)s2)c2nc3ccccc3nc21. The third-order valence-electron chi connectivity index (χ3n) is 4.90. The van der Waals surface area contributed by atoms with Gasteiger partial charge in [0.25, 0.3) is 10.0 Å². The first-order valence-corrected chi connectivity index (χ1v) is 11.9. The van der Waals surface area contributed by atoms with Gasteiger partial charge in [-0.3, -0.25) is 9.69 Å². The Morgan fingerprint density at radius 2 is 1.80 bits per heavy atom. The molecule has 11 heteroatoms. The molecule has 1 aliphatic heterocycles. The molecule has 0 aliphatic carbocycles. The lowest BCUT2D eigenvalue weighted by Gasteiger charge is -2.25. The molecule has 0 atom stereocenters. The van der Waals surface area contributed by atoms with E-state index >= 15 is 0 Å². The van der Waals surface area contributed by atoms with E-state index in [1.807, 2.05) is 36.2 Å². The molecule has 4 rings (SSSR count). The highest BCUT2D eigenvalue weighted by Crippen LogP contribution is 2.31. The monoisotopic (exact) mass is 465 g/mol. The fourth-order valence-electron chi connectivity index (χ4n) is 3.29. The molecule has 30 heavy (non-hydrogen) atoms. The van der Waals surface area contributed by atoms with Crippen molar-refractivity contribution >= 4 is 61.5 Å². The largest absolute Gasteiger partial charge is 0.357 e. The van der Waals surface area contributed by atoms with Gasteiger partial charge in [0.1, 0.15) is 4.21 Å². The summed E-state index contributed by atoms with van der Waals surface area (Å²) in [5.41, 5.74) is 1.42. The molecule has 0 radical (unpaired) electrons. The van der Waals surface area contributed by atoms with Gasteiger partial charge in [-0.15, -0.1) is 11.3 Å². The molecular formula is C19H20ClN5O3S2. The second-order valence-corrected chi connectivity index (χ2v) is 11.0. The lowest BCUT2D eigenvalue weighted by Crippen LogP contribution is -2.41.